The van der Waals surface area contributed by atoms with Gasteiger partial charge in [0.1, 0.15) is 0 Å². The van der Waals surface area contributed by atoms with E-state index in [9.17, 15) is 0 Å². The van der Waals surface area contributed by atoms with Crippen molar-refractivity contribution in [2.24, 2.45) is 23.9 Å². The molecule has 1 aliphatic heterocycles. The Kier molecular flexibility index (Phi) is 7.81. The predicted octanol–water partition coefficient (Wildman–Crippen LogP) is 3.16. The molecule has 25 heavy (non-hydrogen) atoms. The lowest BCUT2D eigenvalue weighted by Crippen LogP contribution is -2.45. The van der Waals surface area contributed by atoms with E-state index in [2.05, 4.69) is 80.8 Å². The van der Waals surface area contributed by atoms with Crippen LogP contribution in [0.2, 0.25) is 0 Å². The molecule has 0 spiro atoms. The second-order valence-corrected chi connectivity index (χ2v) is 8.62. The molecule has 0 radical (unpaired) electrons. The molecule has 1 N–H and O–H groups in total. The van der Waals surface area contributed by atoms with Crippen LogP contribution in [-0.2, 0) is 13.6 Å². The number of aliphatic imine (C=N–C) groups is 1. The molecule has 2 heterocycles. The predicted molar refractivity (Wildman–Crippen MR) is 110 cm³/mol. The first-order chi connectivity index (χ1) is 11.9. The molecule has 0 bridgehead atoms. The fourth-order valence-corrected chi connectivity index (χ4v) is 4.23. The van der Waals surface area contributed by atoms with E-state index in [-0.39, 0.29) is 0 Å². The highest BCUT2D eigenvalue weighted by Crippen LogP contribution is 2.17. The smallest absolute Gasteiger partial charge is 0.193 e. The molecule has 5 nitrogen and oxygen atoms in total. The Labute approximate surface area is 161 Å². The van der Waals surface area contributed by atoms with Gasteiger partial charge in [-0.1, -0.05) is 13.8 Å². The van der Waals surface area contributed by atoms with E-state index < -0.39 is 0 Å². The molecule has 1 aliphatic rings. The molecule has 0 saturated carbocycles. The molecule has 0 aromatic carbocycles. The average Bonchev–Trinajstić information content (AvgIpc) is 2.85. The molecule has 1 saturated heterocycles. The molecule has 1 fully saturated rings. The third kappa shape index (κ3) is 6.33. The summed E-state index contributed by atoms with van der Waals surface area (Å²) >= 11 is 3.54. The molecular formula is C19H34BrN5. The van der Waals surface area contributed by atoms with Crippen LogP contribution in [0, 0.1) is 11.8 Å². The Hall–Kier alpha value is -1.01. The van der Waals surface area contributed by atoms with Crippen LogP contribution in [0.1, 0.15) is 32.4 Å². The van der Waals surface area contributed by atoms with Crippen LogP contribution < -0.4 is 5.32 Å². The number of rotatable bonds is 6. The van der Waals surface area contributed by atoms with Crippen molar-refractivity contribution in [1.82, 2.24) is 19.7 Å². The summed E-state index contributed by atoms with van der Waals surface area (Å²) in [6.07, 6.45) is 4.71. The highest BCUT2D eigenvalue weighted by molar-refractivity contribution is 9.10. The lowest BCUT2D eigenvalue weighted by molar-refractivity contribution is 0.159. The van der Waals surface area contributed by atoms with E-state index in [4.69, 9.17) is 0 Å². The average molecular weight is 412 g/mol. The number of nitrogens with zero attached hydrogens (tertiary/aromatic N) is 4. The summed E-state index contributed by atoms with van der Waals surface area (Å²) in [6, 6.07) is 2.16. The Morgan fingerprint density at radius 2 is 2.24 bits per heavy atom. The normalized spacial score (nSPS) is 19.5. The minimum Gasteiger partial charge on any atom is -0.356 e. The van der Waals surface area contributed by atoms with Crippen LogP contribution >= 0.6 is 15.9 Å². The Morgan fingerprint density at radius 1 is 1.48 bits per heavy atom. The first-order valence-corrected chi connectivity index (χ1v) is 10.1. The van der Waals surface area contributed by atoms with Gasteiger partial charge in [-0.15, -0.1) is 0 Å². The number of guanidine groups is 1. The molecular weight excluding hydrogens is 378 g/mol. The summed E-state index contributed by atoms with van der Waals surface area (Å²) in [4.78, 5) is 9.28. The Morgan fingerprint density at radius 3 is 2.84 bits per heavy atom. The van der Waals surface area contributed by atoms with Gasteiger partial charge in [0.15, 0.2) is 5.96 Å². The quantitative estimate of drug-likeness (QED) is 0.576. The van der Waals surface area contributed by atoms with Crippen molar-refractivity contribution in [3.05, 3.63) is 22.4 Å². The van der Waals surface area contributed by atoms with E-state index in [0.717, 1.165) is 29.4 Å². The van der Waals surface area contributed by atoms with Crippen molar-refractivity contribution in [2.75, 3.05) is 40.3 Å². The number of aromatic nitrogens is 1. The van der Waals surface area contributed by atoms with E-state index in [1.54, 1.807) is 0 Å². The molecule has 2 rings (SSSR count). The van der Waals surface area contributed by atoms with Crippen LogP contribution in [0.4, 0.5) is 0 Å². The topological polar surface area (TPSA) is 35.8 Å². The van der Waals surface area contributed by atoms with Gasteiger partial charge in [0.25, 0.3) is 0 Å². The lowest BCUT2D eigenvalue weighted by atomic mass is 9.97. The van der Waals surface area contributed by atoms with Crippen molar-refractivity contribution >= 4 is 21.9 Å². The fourth-order valence-electron chi connectivity index (χ4n) is 3.66. The monoisotopic (exact) mass is 411 g/mol. The van der Waals surface area contributed by atoms with Crippen LogP contribution in [0.3, 0.4) is 0 Å². The van der Waals surface area contributed by atoms with E-state index in [1.165, 1.54) is 38.2 Å². The molecule has 1 aromatic heterocycles. The first kappa shape index (κ1) is 20.3. The van der Waals surface area contributed by atoms with Crippen molar-refractivity contribution in [2.45, 2.75) is 33.2 Å². The summed E-state index contributed by atoms with van der Waals surface area (Å²) in [5.41, 5.74) is 1.26. The fraction of sp³-hybridized carbons (Fsp3) is 0.737. The number of nitrogens with one attached hydrogen (secondary N) is 1. The number of likely N-dealkylation sites (tertiary alicyclic amines) is 1. The Balaban J connectivity index is 1.84. The van der Waals surface area contributed by atoms with Gasteiger partial charge in [-0.25, -0.2) is 0 Å². The zero-order valence-electron chi connectivity index (χ0n) is 16.4. The van der Waals surface area contributed by atoms with Crippen molar-refractivity contribution < 1.29 is 0 Å². The van der Waals surface area contributed by atoms with Gasteiger partial charge >= 0.3 is 0 Å². The minimum atomic E-state index is 0.710. The van der Waals surface area contributed by atoms with Crippen molar-refractivity contribution in [3.63, 3.8) is 0 Å². The number of hydrogen-bond acceptors (Lipinski definition) is 2. The van der Waals surface area contributed by atoms with E-state index in [1.807, 2.05) is 7.05 Å². The van der Waals surface area contributed by atoms with Gasteiger partial charge in [-0.2, -0.15) is 0 Å². The van der Waals surface area contributed by atoms with Crippen LogP contribution in [-0.4, -0.2) is 60.6 Å². The maximum absolute atomic E-state index is 4.47. The lowest BCUT2D eigenvalue weighted by Gasteiger charge is -2.34. The summed E-state index contributed by atoms with van der Waals surface area (Å²) in [7, 11) is 6.04. The van der Waals surface area contributed by atoms with Crippen LogP contribution in [0.5, 0.6) is 0 Å². The van der Waals surface area contributed by atoms with Crippen LogP contribution in [0.25, 0.3) is 0 Å². The molecule has 142 valence electrons. The van der Waals surface area contributed by atoms with E-state index in [0.29, 0.717) is 5.92 Å². The molecule has 1 unspecified atom stereocenters. The zero-order valence-corrected chi connectivity index (χ0v) is 18.0. The molecule has 1 aromatic rings. The summed E-state index contributed by atoms with van der Waals surface area (Å²) in [5.74, 6) is 2.43. The third-order valence-corrected chi connectivity index (χ3v) is 5.26. The van der Waals surface area contributed by atoms with Crippen molar-refractivity contribution in [1.29, 1.82) is 0 Å². The first-order valence-electron chi connectivity index (χ1n) is 9.34. The van der Waals surface area contributed by atoms with E-state index >= 15 is 0 Å². The van der Waals surface area contributed by atoms with Gasteiger partial charge in [-0.3, -0.25) is 4.99 Å². The van der Waals surface area contributed by atoms with Gasteiger partial charge in [0, 0.05) is 57.1 Å². The molecule has 0 aliphatic carbocycles. The molecule has 6 heteroatoms. The largest absolute Gasteiger partial charge is 0.356 e. The SMILES string of the molecule is CN=C(NCC1CCCN(CC(C)C)C1)N(C)Cc1cc(Br)cn1C. The summed E-state index contributed by atoms with van der Waals surface area (Å²) in [6.45, 7) is 10.1. The van der Waals surface area contributed by atoms with Crippen LogP contribution in [0.15, 0.2) is 21.7 Å². The second kappa shape index (κ2) is 9.62. The zero-order chi connectivity index (χ0) is 18.4. The van der Waals surface area contributed by atoms with Crippen molar-refractivity contribution in [3.8, 4) is 0 Å². The standard InChI is InChI=1S/C19H34BrN5/c1-15(2)11-25-8-6-7-16(12-25)10-22-19(21-3)24(5)14-18-9-17(20)13-23(18)4/h9,13,15-16H,6-8,10-12,14H2,1-5H3,(H,21,22). The van der Waals surface area contributed by atoms with Gasteiger partial charge in [-0.05, 0) is 53.2 Å². The number of piperidine rings is 1. The molecule has 1 atom stereocenters. The van der Waals surface area contributed by atoms with Gasteiger partial charge in [0.05, 0.1) is 6.54 Å². The second-order valence-electron chi connectivity index (χ2n) is 7.71. The number of hydrogen-bond donors (Lipinski definition) is 1. The minimum absolute atomic E-state index is 0.710. The molecule has 0 amide bonds. The maximum atomic E-state index is 4.47. The Bertz CT molecular complexity index is 566. The maximum Gasteiger partial charge on any atom is 0.193 e. The summed E-state index contributed by atoms with van der Waals surface area (Å²) in [5, 5.41) is 3.59. The number of halogens is 1. The highest BCUT2D eigenvalue weighted by atomic mass is 79.9. The number of aryl methyl sites for hydroxylation is 1. The van der Waals surface area contributed by atoms with Gasteiger partial charge < -0.3 is 19.7 Å². The third-order valence-electron chi connectivity index (χ3n) is 4.82. The summed E-state index contributed by atoms with van der Waals surface area (Å²) < 4.78 is 3.27. The highest BCUT2D eigenvalue weighted by Gasteiger charge is 2.21. The van der Waals surface area contributed by atoms with Gasteiger partial charge in [0.2, 0.25) is 0 Å².